The van der Waals surface area contributed by atoms with Crippen molar-refractivity contribution >= 4 is 23.4 Å². The van der Waals surface area contributed by atoms with Crippen molar-refractivity contribution in [1.82, 2.24) is 10.2 Å². The summed E-state index contributed by atoms with van der Waals surface area (Å²) in [5.41, 5.74) is 11.3. The highest BCUT2D eigenvalue weighted by Gasteiger charge is 2.44. The molecule has 1 fully saturated rings. The Hall–Kier alpha value is -1.77. The normalized spacial score (nSPS) is 19.6. The van der Waals surface area contributed by atoms with E-state index in [0.717, 1.165) is 23.4 Å². The molecule has 1 heterocycles. The van der Waals surface area contributed by atoms with Gasteiger partial charge in [0.2, 0.25) is 5.91 Å². The first-order valence-electron chi connectivity index (χ1n) is 9.61. The molecule has 2 amide bonds. The molecule has 1 rings (SSSR count). The fourth-order valence-electron chi connectivity index (χ4n) is 2.56. The van der Waals surface area contributed by atoms with Crippen molar-refractivity contribution in [1.29, 1.82) is 0 Å². The minimum absolute atomic E-state index is 0.173. The lowest BCUT2D eigenvalue weighted by molar-refractivity contribution is -0.133. The second kappa shape index (κ2) is 13.5. The minimum Gasteiger partial charge on any atom is -0.343 e. The minimum atomic E-state index is -2.89. The first-order valence-corrected chi connectivity index (χ1v) is 9.99. The van der Waals surface area contributed by atoms with Crippen LogP contribution in [0.25, 0.3) is 0 Å². The Bertz CT molecular complexity index is 648. The number of amides is 2. The van der Waals surface area contributed by atoms with Gasteiger partial charge in [-0.15, -0.1) is 0 Å². The van der Waals surface area contributed by atoms with Gasteiger partial charge >= 0.3 is 0 Å². The zero-order chi connectivity index (χ0) is 22.6. The van der Waals surface area contributed by atoms with Crippen molar-refractivity contribution < 1.29 is 18.4 Å². The van der Waals surface area contributed by atoms with Crippen LogP contribution in [-0.2, 0) is 9.59 Å². The number of carbonyl (C=O) groups excluding carboxylic acids is 2. The SMILES string of the molecule is CC/C=C/C(Cl)=C(\C=C(/C)CN)C(=O)NCC(=O)N1CC(F)(F)CC1C.CCN. The van der Waals surface area contributed by atoms with E-state index < -0.39 is 30.3 Å². The molecule has 6 nitrogen and oxygen atoms in total. The number of nitrogens with one attached hydrogen (secondary N) is 1. The van der Waals surface area contributed by atoms with Crippen LogP contribution in [0.2, 0.25) is 0 Å². The Balaban J connectivity index is 0.00000245. The molecule has 29 heavy (non-hydrogen) atoms. The van der Waals surface area contributed by atoms with Gasteiger partial charge in [-0.25, -0.2) is 8.78 Å². The van der Waals surface area contributed by atoms with Crippen LogP contribution in [0.15, 0.2) is 34.4 Å². The van der Waals surface area contributed by atoms with Crippen molar-refractivity contribution in [3.63, 3.8) is 0 Å². The summed E-state index contributed by atoms with van der Waals surface area (Å²) >= 11 is 6.18. The van der Waals surface area contributed by atoms with Crippen molar-refractivity contribution in [2.75, 3.05) is 26.2 Å². The third-order valence-corrected chi connectivity index (χ3v) is 4.29. The second-order valence-electron chi connectivity index (χ2n) is 6.79. The van der Waals surface area contributed by atoms with E-state index in [1.807, 2.05) is 13.8 Å². The Morgan fingerprint density at radius 2 is 1.90 bits per heavy atom. The third kappa shape index (κ3) is 10.0. The van der Waals surface area contributed by atoms with Crippen LogP contribution in [0.1, 0.15) is 40.5 Å². The number of halogens is 3. The Labute approximate surface area is 177 Å². The number of allylic oxidation sites excluding steroid dienone is 3. The highest BCUT2D eigenvalue weighted by atomic mass is 35.5. The van der Waals surface area contributed by atoms with Crippen molar-refractivity contribution in [2.45, 2.75) is 52.5 Å². The van der Waals surface area contributed by atoms with Crippen LogP contribution < -0.4 is 16.8 Å². The topological polar surface area (TPSA) is 101 Å². The van der Waals surface area contributed by atoms with E-state index >= 15 is 0 Å². The van der Waals surface area contributed by atoms with E-state index in [9.17, 15) is 18.4 Å². The average molecular weight is 435 g/mol. The van der Waals surface area contributed by atoms with E-state index in [-0.39, 0.29) is 30.1 Å². The van der Waals surface area contributed by atoms with Crippen LogP contribution in [0.5, 0.6) is 0 Å². The van der Waals surface area contributed by atoms with Crippen LogP contribution >= 0.6 is 11.6 Å². The predicted octanol–water partition coefficient (Wildman–Crippen LogP) is 2.69. The number of carbonyl (C=O) groups is 2. The maximum Gasteiger partial charge on any atom is 0.267 e. The molecule has 9 heteroatoms. The van der Waals surface area contributed by atoms with Gasteiger partial charge in [0.1, 0.15) is 0 Å². The summed E-state index contributed by atoms with van der Waals surface area (Å²) < 4.78 is 26.8. The Morgan fingerprint density at radius 1 is 1.31 bits per heavy atom. The predicted molar refractivity (Wildman–Crippen MR) is 114 cm³/mol. The lowest BCUT2D eigenvalue weighted by Gasteiger charge is -2.21. The summed E-state index contributed by atoms with van der Waals surface area (Å²) in [6, 6.07) is -0.570. The van der Waals surface area contributed by atoms with Crippen LogP contribution in [0.4, 0.5) is 8.78 Å². The molecule has 0 saturated carbocycles. The standard InChI is InChI=1S/C18H26ClF2N3O2.C2H7N/c1-4-5-6-15(19)14(7-12(2)9-22)17(26)23-10-16(25)24-11-18(20,21)8-13(24)3;1-2-3/h5-7,13H,4,8-11,22H2,1-3H3,(H,23,26);2-3H2,1H3/b6-5+,12-7+,15-14-;. The van der Waals surface area contributed by atoms with Crippen LogP contribution in [-0.4, -0.2) is 54.9 Å². The molecular weight excluding hydrogens is 402 g/mol. The third-order valence-electron chi connectivity index (χ3n) is 3.96. The van der Waals surface area contributed by atoms with Gasteiger partial charge in [-0.1, -0.05) is 37.1 Å². The number of rotatable bonds is 7. The van der Waals surface area contributed by atoms with Gasteiger partial charge in [0.15, 0.2) is 0 Å². The van der Waals surface area contributed by atoms with Gasteiger partial charge in [0.25, 0.3) is 11.8 Å². The molecular formula is C20H33ClF2N4O2. The average Bonchev–Trinajstić information content (AvgIpc) is 2.94. The van der Waals surface area contributed by atoms with E-state index in [2.05, 4.69) is 5.32 Å². The molecule has 1 atom stereocenters. The monoisotopic (exact) mass is 434 g/mol. The molecule has 0 bridgehead atoms. The molecule has 0 aliphatic carbocycles. The van der Waals surface area contributed by atoms with Gasteiger partial charge in [-0.3, -0.25) is 9.59 Å². The largest absolute Gasteiger partial charge is 0.343 e. The van der Waals surface area contributed by atoms with E-state index in [4.69, 9.17) is 23.1 Å². The van der Waals surface area contributed by atoms with Gasteiger partial charge in [0.05, 0.1) is 23.7 Å². The number of nitrogens with two attached hydrogens (primary N) is 2. The first kappa shape index (κ1) is 27.2. The first-order chi connectivity index (χ1) is 13.5. The lowest BCUT2D eigenvalue weighted by atomic mass is 10.1. The highest BCUT2D eigenvalue weighted by Crippen LogP contribution is 2.31. The summed E-state index contributed by atoms with van der Waals surface area (Å²) in [4.78, 5) is 25.7. The van der Waals surface area contributed by atoms with Crippen LogP contribution in [0.3, 0.4) is 0 Å². The quantitative estimate of drug-likeness (QED) is 0.423. The molecule has 166 valence electrons. The molecule has 0 spiro atoms. The summed E-state index contributed by atoms with van der Waals surface area (Å²) in [6.45, 7) is 7.13. The maximum atomic E-state index is 13.4. The summed E-state index contributed by atoms with van der Waals surface area (Å²) in [5, 5.41) is 2.67. The van der Waals surface area contributed by atoms with Gasteiger partial charge in [-0.05, 0) is 39.0 Å². The van der Waals surface area contributed by atoms with E-state index in [1.165, 1.54) is 0 Å². The van der Waals surface area contributed by atoms with Crippen molar-refractivity contribution in [3.8, 4) is 0 Å². The fourth-order valence-corrected chi connectivity index (χ4v) is 2.79. The van der Waals surface area contributed by atoms with Gasteiger partial charge < -0.3 is 21.7 Å². The molecule has 1 saturated heterocycles. The molecule has 0 aromatic rings. The molecule has 0 aromatic heterocycles. The molecule has 1 unspecified atom stereocenters. The molecule has 0 aromatic carbocycles. The van der Waals surface area contributed by atoms with Gasteiger partial charge in [-0.2, -0.15) is 0 Å². The Morgan fingerprint density at radius 3 is 2.34 bits per heavy atom. The second-order valence-corrected chi connectivity index (χ2v) is 7.20. The lowest BCUT2D eigenvalue weighted by Crippen LogP contribution is -2.42. The molecule has 5 N–H and O–H groups in total. The smallest absolute Gasteiger partial charge is 0.267 e. The number of hydrogen-bond donors (Lipinski definition) is 3. The maximum absolute atomic E-state index is 13.4. The number of alkyl halides is 2. The van der Waals surface area contributed by atoms with Crippen molar-refractivity contribution in [2.24, 2.45) is 11.5 Å². The zero-order valence-electron chi connectivity index (χ0n) is 17.6. The van der Waals surface area contributed by atoms with Crippen molar-refractivity contribution in [3.05, 3.63) is 34.4 Å². The molecule has 0 radical (unpaired) electrons. The summed E-state index contributed by atoms with van der Waals surface area (Å²) in [6.07, 6.45) is 5.31. The van der Waals surface area contributed by atoms with E-state index in [1.54, 1.807) is 32.1 Å². The molecule has 1 aliphatic heterocycles. The number of nitrogens with zero attached hydrogens (tertiary/aromatic N) is 1. The summed E-state index contributed by atoms with van der Waals surface area (Å²) in [7, 11) is 0. The number of likely N-dealkylation sites (tertiary alicyclic amines) is 1. The number of hydrogen-bond acceptors (Lipinski definition) is 4. The highest BCUT2D eigenvalue weighted by molar-refractivity contribution is 6.34. The van der Waals surface area contributed by atoms with Crippen LogP contribution in [0, 0.1) is 0 Å². The zero-order valence-corrected chi connectivity index (χ0v) is 18.4. The Kier molecular flexibility index (Phi) is 12.6. The summed E-state index contributed by atoms with van der Waals surface area (Å²) in [5.74, 6) is -4.00. The van der Waals surface area contributed by atoms with E-state index in [0.29, 0.717) is 0 Å². The molecule has 1 aliphatic rings. The van der Waals surface area contributed by atoms with Gasteiger partial charge in [0, 0.05) is 19.0 Å². The fraction of sp³-hybridized carbons (Fsp3) is 0.600.